The molecule has 0 radical (unpaired) electrons. The lowest BCUT2D eigenvalue weighted by Gasteiger charge is -2.24. The number of carbonyl (C=O) groups is 2. The molecule has 0 aliphatic carbocycles. The van der Waals surface area contributed by atoms with Crippen LogP contribution in [-0.2, 0) is 16.0 Å². The van der Waals surface area contributed by atoms with E-state index in [1.807, 2.05) is 35.4 Å². The molecule has 1 fully saturated rings. The zero-order valence-corrected chi connectivity index (χ0v) is 16.4. The molecule has 1 saturated heterocycles. The van der Waals surface area contributed by atoms with Crippen LogP contribution in [0, 0.1) is 5.92 Å². The number of rotatable bonds is 6. The second-order valence-electron chi connectivity index (χ2n) is 7.17. The van der Waals surface area contributed by atoms with E-state index in [0.717, 1.165) is 23.1 Å². The molecule has 6 heteroatoms. The second-order valence-corrected chi connectivity index (χ2v) is 7.17. The number of pyridine rings is 1. The maximum atomic E-state index is 13.2. The van der Waals surface area contributed by atoms with Gasteiger partial charge >= 0.3 is 0 Å². The molecule has 0 unspecified atom stereocenters. The summed E-state index contributed by atoms with van der Waals surface area (Å²) in [6.07, 6.45) is 5.06. The minimum absolute atomic E-state index is 0.0268. The van der Waals surface area contributed by atoms with Crippen molar-refractivity contribution < 1.29 is 9.59 Å². The second kappa shape index (κ2) is 9.46. The van der Waals surface area contributed by atoms with Crippen LogP contribution in [0.5, 0.6) is 0 Å². The van der Waals surface area contributed by atoms with E-state index in [0.29, 0.717) is 32.6 Å². The van der Waals surface area contributed by atoms with E-state index in [2.05, 4.69) is 24.0 Å². The predicted octanol–water partition coefficient (Wildman–Crippen LogP) is 1.95. The molecule has 0 bridgehead atoms. The normalized spacial score (nSPS) is 17.5. The van der Waals surface area contributed by atoms with Gasteiger partial charge in [0.25, 0.3) is 0 Å². The summed E-state index contributed by atoms with van der Waals surface area (Å²) >= 11 is 0. The number of benzene rings is 1. The fraction of sp³-hybridized carbons (Fsp3) is 0.409. The monoisotopic (exact) mass is 380 g/mol. The molecule has 1 aliphatic rings. The van der Waals surface area contributed by atoms with Gasteiger partial charge in [-0.2, -0.15) is 0 Å². The van der Waals surface area contributed by atoms with Crippen LogP contribution in [0.1, 0.15) is 18.9 Å². The Bertz CT molecular complexity index is 809. The minimum atomic E-state index is -0.276. The fourth-order valence-corrected chi connectivity index (χ4v) is 3.81. The predicted molar refractivity (Wildman–Crippen MR) is 109 cm³/mol. The molecule has 28 heavy (non-hydrogen) atoms. The third-order valence-electron chi connectivity index (χ3n) is 5.22. The van der Waals surface area contributed by atoms with E-state index >= 15 is 0 Å². The molecule has 3 rings (SSSR count). The van der Waals surface area contributed by atoms with Crippen molar-refractivity contribution in [2.75, 3.05) is 32.7 Å². The van der Waals surface area contributed by atoms with Crippen LogP contribution in [0.15, 0.2) is 48.8 Å². The number of carbonyl (C=O) groups excluding carboxylic acids is 2. The van der Waals surface area contributed by atoms with Crippen LogP contribution >= 0.6 is 0 Å². The standard InChI is InChI=1S/C22H28N4O2/c1-2-10-25-11-12-26(21(27)14-23)16-19(22(25)28)13-17-6-3-4-8-20(17)18-7-5-9-24-15-18/h3-9,15,19H,2,10-14,16,23H2,1H3/t19-/m1/s1. The number of amides is 2. The van der Waals surface area contributed by atoms with Crippen LogP contribution in [0.3, 0.4) is 0 Å². The van der Waals surface area contributed by atoms with Gasteiger partial charge in [0.1, 0.15) is 0 Å². The number of aromatic nitrogens is 1. The molecule has 6 nitrogen and oxygen atoms in total. The topological polar surface area (TPSA) is 79.5 Å². The average molecular weight is 380 g/mol. The number of nitrogens with zero attached hydrogens (tertiary/aromatic N) is 3. The van der Waals surface area contributed by atoms with E-state index in [1.165, 1.54) is 0 Å². The Balaban J connectivity index is 1.90. The SMILES string of the molecule is CCCN1CCN(C(=O)CN)C[C@@H](Cc2ccccc2-c2cccnc2)C1=O. The highest BCUT2D eigenvalue weighted by atomic mass is 16.2. The van der Waals surface area contributed by atoms with Gasteiger partial charge in [-0.05, 0) is 30.0 Å². The van der Waals surface area contributed by atoms with E-state index in [1.54, 1.807) is 11.1 Å². The fourth-order valence-electron chi connectivity index (χ4n) is 3.81. The van der Waals surface area contributed by atoms with Crippen molar-refractivity contribution in [1.29, 1.82) is 0 Å². The molecule has 2 aromatic rings. The maximum absolute atomic E-state index is 13.2. The smallest absolute Gasteiger partial charge is 0.236 e. The highest BCUT2D eigenvalue weighted by molar-refractivity contribution is 5.83. The van der Waals surface area contributed by atoms with Gasteiger partial charge in [-0.1, -0.05) is 37.3 Å². The number of nitrogens with two attached hydrogens (primary N) is 1. The van der Waals surface area contributed by atoms with Crippen LogP contribution in [-0.4, -0.2) is 59.3 Å². The highest BCUT2D eigenvalue weighted by Gasteiger charge is 2.32. The van der Waals surface area contributed by atoms with E-state index < -0.39 is 0 Å². The third kappa shape index (κ3) is 4.57. The van der Waals surface area contributed by atoms with Gasteiger partial charge in [-0.15, -0.1) is 0 Å². The van der Waals surface area contributed by atoms with Crippen molar-refractivity contribution in [1.82, 2.24) is 14.8 Å². The Kier molecular flexibility index (Phi) is 6.76. The van der Waals surface area contributed by atoms with Gasteiger partial charge < -0.3 is 15.5 Å². The zero-order chi connectivity index (χ0) is 19.9. The summed E-state index contributed by atoms with van der Waals surface area (Å²) in [7, 11) is 0. The van der Waals surface area contributed by atoms with E-state index in [9.17, 15) is 9.59 Å². The Hall–Kier alpha value is -2.73. The minimum Gasteiger partial charge on any atom is -0.341 e. The summed E-state index contributed by atoms with van der Waals surface area (Å²) in [6.45, 7) is 4.27. The Morgan fingerprint density at radius 1 is 1.21 bits per heavy atom. The van der Waals surface area contributed by atoms with Gasteiger partial charge in [-0.3, -0.25) is 14.6 Å². The van der Waals surface area contributed by atoms with E-state index in [-0.39, 0.29) is 24.3 Å². The first-order valence-corrected chi connectivity index (χ1v) is 9.89. The molecular weight excluding hydrogens is 352 g/mol. The first-order chi connectivity index (χ1) is 13.6. The van der Waals surface area contributed by atoms with E-state index in [4.69, 9.17) is 5.73 Å². The Morgan fingerprint density at radius 3 is 2.75 bits per heavy atom. The molecule has 0 spiro atoms. The molecule has 1 aromatic carbocycles. The largest absolute Gasteiger partial charge is 0.341 e. The third-order valence-corrected chi connectivity index (χ3v) is 5.22. The van der Waals surface area contributed by atoms with Crippen LogP contribution < -0.4 is 5.73 Å². The Labute approximate surface area is 166 Å². The number of hydrogen-bond acceptors (Lipinski definition) is 4. The van der Waals surface area contributed by atoms with Crippen LogP contribution in [0.4, 0.5) is 0 Å². The summed E-state index contributed by atoms with van der Waals surface area (Å²) in [6, 6.07) is 12.0. The molecule has 148 valence electrons. The van der Waals surface area contributed by atoms with Gasteiger partial charge in [0.15, 0.2) is 0 Å². The Morgan fingerprint density at radius 2 is 2.04 bits per heavy atom. The lowest BCUT2D eigenvalue weighted by molar-refractivity contribution is -0.134. The van der Waals surface area contributed by atoms with Crippen molar-refractivity contribution in [3.05, 3.63) is 54.4 Å². The molecule has 1 aromatic heterocycles. The van der Waals surface area contributed by atoms with Crippen molar-refractivity contribution in [3.63, 3.8) is 0 Å². The average Bonchev–Trinajstić information content (AvgIpc) is 2.89. The lowest BCUT2D eigenvalue weighted by atomic mass is 9.91. The molecule has 1 atom stereocenters. The summed E-state index contributed by atoms with van der Waals surface area (Å²) < 4.78 is 0. The van der Waals surface area contributed by atoms with Gasteiger partial charge in [0.2, 0.25) is 11.8 Å². The first-order valence-electron chi connectivity index (χ1n) is 9.89. The number of hydrogen-bond donors (Lipinski definition) is 1. The highest BCUT2D eigenvalue weighted by Crippen LogP contribution is 2.26. The summed E-state index contributed by atoms with van der Waals surface area (Å²) in [5.74, 6) is -0.255. The van der Waals surface area contributed by atoms with Crippen molar-refractivity contribution in [2.24, 2.45) is 11.7 Å². The molecule has 2 N–H and O–H groups in total. The molecule has 2 heterocycles. The maximum Gasteiger partial charge on any atom is 0.236 e. The van der Waals surface area contributed by atoms with Crippen molar-refractivity contribution in [2.45, 2.75) is 19.8 Å². The van der Waals surface area contributed by atoms with Gasteiger partial charge in [-0.25, -0.2) is 0 Å². The lowest BCUT2D eigenvalue weighted by Crippen LogP contribution is -2.40. The molecule has 1 aliphatic heterocycles. The summed E-state index contributed by atoms with van der Waals surface area (Å²) in [4.78, 5) is 33.3. The quantitative estimate of drug-likeness (QED) is 0.831. The van der Waals surface area contributed by atoms with Gasteiger partial charge in [0, 0.05) is 44.1 Å². The molecular formula is C22H28N4O2. The summed E-state index contributed by atoms with van der Waals surface area (Å²) in [5.41, 5.74) is 8.78. The van der Waals surface area contributed by atoms with Gasteiger partial charge in [0.05, 0.1) is 12.5 Å². The first kappa shape index (κ1) is 20.0. The zero-order valence-electron chi connectivity index (χ0n) is 16.4. The molecule has 2 amide bonds. The van der Waals surface area contributed by atoms with Crippen LogP contribution in [0.2, 0.25) is 0 Å². The van der Waals surface area contributed by atoms with Crippen LogP contribution in [0.25, 0.3) is 11.1 Å². The van der Waals surface area contributed by atoms with Crippen molar-refractivity contribution in [3.8, 4) is 11.1 Å². The molecule has 0 saturated carbocycles. The van der Waals surface area contributed by atoms with Crippen molar-refractivity contribution >= 4 is 11.8 Å². The summed E-state index contributed by atoms with van der Waals surface area (Å²) in [5, 5.41) is 0.